The summed E-state index contributed by atoms with van der Waals surface area (Å²) in [5, 5.41) is 5.71. The average Bonchev–Trinajstić information content (AvgIpc) is 2.54. The second-order valence-corrected chi connectivity index (χ2v) is 6.50. The Morgan fingerprint density at radius 1 is 1.17 bits per heavy atom. The maximum Gasteiger partial charge on any atom is 0.237 e. The Morgan fingerprint density at radius 3 is 2.67 bits per heavy atom. The molecule has 3 unspecified atom stereocenters. The number of rotatable bonds is 2. The number of nitrogens with one attached hydrogen (secondary N) is 2. The third-order valence-electron chi connectivity index (χ3n) is 4.66. The number of hydrogen-bond donors (Lipinski definition) is 2. The van der Waals surface area contributed by atoms with Crippen LogP contribution in [0.4, 0.5) is 5.69 Å². The van der Waals surface area contributed by atoms with Crippen molar-refractivity contribution in [3.05, 3.63) is 60.2 Å². The van der Waals surface area contributed by atoms with E-state index >= 15 is 0 Å². The van der Waals surface area contributed by atoms with Gasteiger partial charge in [0.2, 0.25) is 11.8 Å². The predicted molar refractivity (Wildman–Crippen MR) is 89.5 cm³/mol. The highest BCUT2D eigenvalue weighted by atomic mass is 16.5. The minimum absolute atomic E-state index is 0.197. The van der Waals surface area contributed by atoms with E-state index in [4.69, 9.17) is 4.74 Å². The van der Waals surface area contributed by atoms with E-state index in [1.165, 1.54) is 0 Å². The van der Waals surface area contributed by atoms with Crippen molar-refractivity contribution in [2.45, 2.75) is 25.0 Å². The molecule has 1 fully saturated rings. The molecule has 122 valence electrons. The third-order valence-corrected chi connectivity index (χ3v) is 4.66. The second kappa shape index (κ2) is 5.37. The Hall–Kier alpha value is -2.82. The first kappa shape index (κ1) is 14.8. The molecule has 1 saturated heterocycles. The summed E-state index contributed by atoms with van der Waals surface area (Å²) in [5.74, 6) is -0.825. The van der Waals surface area contributed by atoms with Crippen LogP contribution in [0.15, 0.2) is 54.6 Å². The van der Waals surface area contributed by atoms with Crippen molar-refractivity contribution in [2.75, 3.05) is 5.32 Å². The van der Waals surface area contributed by atoms with E-state index in [1.807, 2.05) is 49.4 Å². The zero-order valence-corrected chi connectivity index (χ0v) is 13.3. The molecule has 5 heteroatoms. The Balaban J connectivity index is 1.69. The van der Waals surface area contributed by atoms with E-state index in [1.54, 1.807) is 12.1 Å². The highest BCUT2D eigenvalue weighted by molar-refractivity contribution is 6.08. The first-order valence-electron chi connectivity index (χ1n) is 8.02. The van der Waals surface area contributed by atoms with Crippen LogP contribution in [0.3, 0.4) is 0 Å². The molecule has 2 aromatic carbocycles. The molecule has 4 rings (SSSR count). The second-order valence-electron chi connectivity index (χ2n) is 6.50. The van der Waals surface area contributed by atoms with Crippen LogP contribution in [0.1, 0.15) is 24.8 Å². The number of amides is 2. The van der Waals surface area contributed by atoms with Crippen molar-refractivity contribution >= 4 is 17.5 Å². The maximum atomic E-state index is 12.8. The van der Waals surface area contributed by atoms with E-state index in [9.17, 15) is 9.59 Å². The fourth-order valence-corrected chi connectivity index (χ4v) is 3.63. The Bertz CT molecular complexity index is 805. The van der Waals surface area contributed by atoms with Crippen molar-refractivity contribution in [1.82, 2.24) is 5.32 Å². The summed E-state index contributed by atoms with van der Waals surface area (Å²) in [6, 6.07) is 16.8. The summed E-state index contributed by atoms with van der Waals surface area (Å²) in [6.45, 7) is 1.85. The lowest BCUT2D eigenvalue weighted by Crippen LogP contribution is -2.62. The van der Waals surface area contributed by atoms with Gasteiger partial charge in [0.05, 0.1) is 0 Å². The zero-order chi connectivity index (χ0) is 16.7. The van der Waals surface area contributed by atoms with Gasteiger partial charge in [-0.05, 0) is 30.7 Å². The van der Waals surface area contributed by atoms with E-state index in [0.29, 0.717) is 12.1 Å². The van der Waals surface area contributed by atoms with Gasteiger partial charge in [-0.2, -0.15) is 0 Å². The lowest BCUT2D eigenvalue weighted by atomic mass is 9.74. The molecule has 2 heterocycles. The zero-order valence-electron chi connectivity index (χ0n) is 13.3. The lowest BCUT2D eigenvalue weighted by Gasteiger charge is -2.46. The van der Waals surface area contributed by atoms with E-state index in [0.717, 1.165) is 11.3 Å². The maximum absolute atomic E-state index is 12.8. The number of ether oxygens (including phenoxy) is 1. The van der Waals surface area contributed by atoms with Crippen molar-refractivity contribution in [3.63, 3.8) is 0 Å². The molecule has 24 heavy (non-hydrogen) atoms. The summed E-state index contributed by atoms with van der Waals surface area (Å²) in [7, 11) is 0. The summed E-state index contributed by atoms with van der Waals surface area (Å²) < 4.78 is 5.94. The average molecular weight is 322 g/mol. The van der Waals surface area contributed by atoms with Crippen molar-refractivity contribution < 1.29 is 14.3 Å². The molecule has 2 N–H and O–H groups in total. The molecule has 3 atom stereocenters. The molecule has 0 aromatic heterocycles. The van der Waals surface area contributed by atoms with Crippen LogP contribution in [0.25, 0.3) is 0 Å². The Labute approximate surface area is 140 Å². The quantitative estimate of drug-likeness (QED) is 0.835. The fourth-order valence-electron chi connectivity index (χ4n) is 3.63. The Kier molecular flexibility index (Phi) is 3.30. The first-order chi connectivity index (χ1) is 11.6. The predicted octanol–water partition coefficient (Wildman–Crippen LogP) is 2.65. The lowest BCUT2D eigenvalue weighted by molar-refractivity contribution is -0.145. The minimum atomic E-state index is -0.775. The van der Waals surface area contributed by atoms with Gasteiger partial charge in [0, 0.05) is 18.0 Å². The summed E-state index contributed by atoms with van der Waals surface area (Å²) in [4.78, 5) is 25.4. The van der Waals surface area contributed by atoms with Crippen LogP contribution >= 0.6 is 0 Å². The third kappa shape index (κ3) is 2.42. The molecule has 5 nitrogen and oxygen atoms in total. The largest absolute Gasteiger partial charge is 0.468 e. The van der Waals surface area contributed by atoms with Crippen LogP contribution in [0.2, 0.25) is 0 Å². The minimum Gasteiger partial charge on any atom is -0.468 e. The summed E-state index contributed by atoms with van der Waals surface area (Å²) >= 11 is 0. The van der Waals surface area contributed by atoms with Gasteiger partial charge in [-0.25, -0.2) is 0 Å². The summed E-state index contributed by atoms with van der Waals surface area (Å²) in [6.07, 6.45) is 0.572. The van der Waals surface area contributed by atoms with Gasteiger partial charge in [-0.1, -0.05) is 36.4 Å². The number of anilines is 1. The van der Waals surface area contributed by atoms with Crippen LogP contribution in [-0.4, -0.2) is 17.5 Å². The number of carbonyl (C=O) groups excluding carboxylic acids is 2. The van der Waals surface area contributed by atoms with Crippen molar-refractivity contribution in [2.24, 2.45) is 5.92 Å². The van der Waals surface area contributed by atoms with Gasteiger partial charge in [0.25, 0.3) is 0 Å². The van der Waals surface area contributed by atoms with Crippen LogP contribution in [0.5, 0.6) is 5.75 Å². The van der Waals surface area contributed by atoms with Crippen LogP contribution in [0, 0.1) is 5.92 Å². The van der Waals surface area contributed by atoms with E-state index in [2.05, 4.69) is 10.6 Å². The number of carbonyl (C=O) groups is 2. The molecule has 0 spiro atoms. The topological polar surface area (TPSA) is 67.4 Å². The standard InChI is InChI=1S/C19H18N2O3/c1-19-11-14(13-9-5-6-10-15(13)24-19)16(18(23)21-19)17(22)20-12-7-3-2-4-8-12/h2-10,14,16H,11H2,1H3,(H,20,22)(H,21,23). The molecule has 2 aromatic rings. The number of hydrogen-bond acceptors (Lipinski definition) is 3. The van der Waals surface area contributed by atoms with Crippen molar-refractivity contribution in [1.29, 1.82) is 0 Å². The fraction of sp³-hybridized carbons (Fsp3) is 0.263. The molecule has 2 amide bonds. The SMILES string of the molecule is CC12CC(c3ccccc3O1)C(C(=O)Nc1ccccc1)C(=O)N2. The van der Waals surface area contributed by atoms with E-state index in [-0.39, 0.29) is 17.7 Å². The van der Waals surface area contributed by atoms with Crippen LogP contribution in [-0.2, 0) is 9.59 Å². The highest BCUT2D eigenvalue weighted by Gasteiger charge is 2.51. The molecular weight excluding hydrogens is 304 g/mol. The van der Waals surface area contributed by atoms with Gasteiger partial charge in [0.1, 0.15) is 11.7 Å². The van der Waals surface area contributed by atoms with Gasteiger partial charge < -0.3 is 15.4 Å². The first-order valence-corrected chi connectivity index (χ1v) is 8.02. The Morgan fingerprint density at radius 2 is 1.88 bits per heavy atom. The summed E-state index contributed by atoms with van der Waals surface area (Å²) in [5.41, 5.74) is 0.835. The molecule has 0 saturated carbocycles. The molecule has 0 radical (unpaired) electrons. The van der Waals surface area contributed by atoms with Gasteiger partial charge in [-0.3, -0.25) is 9.59 Å². The molecule has 2 aliphatic heterocycles. The highest BCUT2D eigenvalue weighted by Crippen LogP contribution is 2.46. The number of para-hydroxylation sites is 2. The molecule has 2 aliphatic rings. The number of piperidine rings is 1. The molecule has 0 aliphatic carbocycles. The van der Waals surface area contributed by atoms with Gasteiger partial charge in [0.15, 0.2) is 5.72 Å². The van der Waals surface area contributed by atoms with Gasteiger partial charge >= 0.3 is 0 Å². The van der Waals surface area contributed by atoms with Gasteiger partial charge in [-0.15, -0.1) is 0 Å². The normalized spacial score (nSPS) is 27.5. The number of fused-ring (bicyclic) bond motifs is 4. The van der Waals surface area contributed by atoms with Crippen LogP contribution < -0.4 is 15.4 Å². The number of benzene rings is 2. The monoisotopic (exact) mass is 322 g/mol. The van der Waals surface area contributed by atoms with E-state index < -0.39 is 11.6 Å². The molecule has 2 bridgehead atoms. The molecular formula is C19H18N2O3. The van der Waals surface area contributed by atoms with Crippen molar-refractivity contribution in [3.8, 4) is 5.75 Å². The smallest absolute Gasteiger partial charge is 0.237 e.